The summed E-state index contributed by atoms with van der Waals surface area (Å²) >= 11 is 1.44. The van der Waals surface area contributed by atoms with Gasteiger partial charge in [-0.25, -0.2) is 4.79 Å². The van der Waals surface area contributed by atoms with Gasteiger partial charge >= 0.3 is 5.69 Å². The lowest BCUT2D eigenvalue weighted by atomic mass is 10.2. The number of nitrogens with zero attached hydrogens (tertiary/aromatic N) is 5. The van der Waals surface area contributed by atoms with Crippen molar-refractivity contribution in [2.75, 3.05) is 56.5 Å². The number of thioether (sulfide) groups is 1. The maximum atomic E-state index is 12.9. The summed E-state index contributed by atoms with van der Waals surface area (Å²) in [6.45, 7) is 11.0. The molecule has 0 spiro atoms. The van der Waals surface area contributed by atoms with Crippen LogP contribution in [0.15, 0.2) is 40.2 Å². The summed E-state index contributed by atoms with van der Waals surface area (Å²) < 4.78 is 1.87. The Morgan fingerprint density at radius 1 is 1.06 bits per heavy atom. The molecule has 1 aromatic heterocycles. The molecule has 1 saturated heterocycles. The topological polar surface area (TPSA) is 61.7 Å². The van der Waals surface area contributed by atoms with E-state index in [0.717, 1.165) is 75.8 Å². The molecule has 0 unspecified atom stereocenters. The summed E-state index contributed by atoms with van der Waals surface area (Å²) in [7, 11) is 0. The Morgan fingerprint density at radius 2 is 1.79 bits per heavy atom. The van der Waals surface area contributed by atoms with Crippen LogP contribution in [-0.4, -0.2) is 76.8 Å². The minimum atomic E-state index is -0.172. The molecule has 1 aromatic carbocycles. The molecule has 0 atom stereocenters. The molecule has 8 heteroatoms. The van der Waals surface area contributed by atoms with Gasteiger partial charge in [0, 0.05) is 56.2 Å². The highest BCUT2D eigenvalue weighted by Gasteiger charge is 2.25. The Morgan fingerprint density at radius 3 is 2.48 bits per heavy atom. The summed E-state index contributed by atoms with van der Waals surface area (Å²) in [4.78, 5) is 36.7. The van der Waals surface area contributed by atoms with E-state index < -0.39 is 0 Å². The molecule has 0 radical (unpaired) electrons. The van der Waals surface area contributed by atoms with Crippen molar-refractivity contribution in [3.05, 3.63) is 52.1 Å². The van der Waals surface area contributed by atoms with Crippen molar-refractivity contribution in [2.24, 2.45) is 0 Å². The molecule has 33 heavy (non-hydrogen) atoms. The highest BCUT2D eigenvalue weighted by Crippen LogP contribution is 2.29. The van der Waals surface area contributed by atoms with Gasteiger partial charge in [-0.3, -0.25) is 9.36 Å². The van der Waals surface area contributed by atoms with Crippen LogP contribution in [0.3, 0.4) is 0 Å². The molecule has 2 aliphatic rings. The van der Waals surface area contributed by atoms with Gasteiger partial charge in [-0.05, 0) is 44.5 Å². The number of aromatic nitrogens is 2. The van der Waals surface area contributed by atoms with Crippen molar-refractivity contribution in [1.29, 1.82) is 0 Å². The second-order valence-electron chi connectivity index (χ2n) is 8.65. The number of amides is 1. The average Bonchev–Trinajstić information content (AvgIpc) is 3.35. The van der Waals surface area contributed by atoms with E-state index >= 15 is 0 Å². The van der Waals surface area contributed by atoms with Crippen LogP contribution in [0.5, 0.6) is 0 Å². The van der Waals surface area contributed by atoms with Crippen LogP contribution in [0.2, 0.25) is 0 Å². The standard InChI is InChI=1S/C25H35N5O2S/c1-3-27(4-2)13-18-30-22-12-8-11-21(22)24(26-25(30)32)33-19-23(31)29-16-14-28(15-17-29)20-9-6-5-7-10-20/h5-7,9-10H,3-4,8,11-19H2,1-2H3. The van der Waals surface area contributed by atoms with Gasteiger partial charge in [0.05, 0.1) is 5.75 Å². The normalized spacial score (nSPS) is 15.8. The number of benzene rings is 1. The zero-order chi connectivity index (χ0) is 23.2. The van der Waals surface area contributed by atoms with E-state index in [-0.39, 0.29) is 11.6 Å². The van der Waals surface area contributed by atoms with Crippen molar-refractivity contribution in [3.8, 4) is 0 Å². The summed E-state index contributed by atoms with van der Waals surface area (Å²) in [6.07, 6.45) is 2.92. The molecular weight excluding hydrogens is 434 g/mol. The third kappa shape index (κ3) is 5.61. The number of hydrogen-bond acceptors (Lipinski definition) is 6. The number of likely N-dealkylation sites (N-methyl/N-ethyl adjacent to an activating group) is 1. The van der Waals surface area contributed by atoms with Gasteiger partial charge in [0.25, 0.3) is 0 Å². The fraction of sp³-hybridized carbons (Fsp3) is 0.560. The minimum Gasteiger partial charge on any atom is -0.368 e. The van der Waals surface area contributed by atoms with E-state index in [1.54, 1.807) is 0 Å². The SMILES string of the molecule is CCN(CC)CCn1c2c(c(SCC(=O)N3CCN(c4ccccc4)CC3)nc1=O)CCC2. The third-order valence-corrected chi connectivity index (χ3v) is 7.82. The molecule has 2 heterocycles. The lowest BCUT2D eigenvalue weighted by Crippen LogP contribution is -2.49. The van der Waals surface area contributed by atoms with Crippen LogP contribution < -0.4 is 10.6 Å². The van der Waals surface area contributed by atoms with Gasteiger partial charge in [-0.2, -0.15) is 4.98 Å². The first-order valence-corrected chi connectivity index (χ1v) is 13.1. The van der Waals surface area contributed by atoms with Gasteiger partial charge in [-0.15, -0.1) is 0 Å². The van der Waals surface area contributed by atoms with Crippen molar-refractivity contribution in [2.45, 2.75) is 44.7 Å². The molecular formula is C25H35N5O2S. The van der Waals surface area contributed by atoms with Gasteiger partial charge in [0.2, 0.25) is 5.91 Å². The molecule has 0 saturated carbocycles. The van der Waals surface area contributed by atoms with Crippen LogP contribution in [0.25, 0.3) is 0 Å². The second-order valence-corrected chi connectivity index (χ2v) is 9.61. The Kier molecular flexibility index (Phi) is 8.09. The summed E-state index contributed by atoms with van der Waals surface area (Å²) in [5.74, 6) is 0.472. The second kappa shape index (κ2) is 11.2. The smallest absolute Gasteiger partial charge is 0.348 e. The van der Waals surface area contributed by atoms with E-state index in [2.05, 4.69) is 40.8 Å². The highest BCUT2D eigenvalue weighted by molar-refractivity contribution is 7.99. The molecule has 1 fully saturated rings. The molecule has 2 aromatic rings. The Labute approximate surface area is 200 Å². The highest BCUT2D eigenvalue weighted by atomic mass is 32.2. The van der Waals surface area contributed by atoms with Crippen LogP contribution >= 0.6 is 11.8 Å². The van der Waals surface area contributed by atoms with Crippen molar-refractivity contribution < 1.29 is 4.79 Å². The Bertz CT molecular complexity index is 998. The molecule has 1 aliphatic carbocycles. The molecule has 7 nitrogen and oxygen atoms in total. The summed E-state index contributed by atoms with van der Waals surface area (Å²) in [5.41, 5.74) is 3.35. The van der Waals surface area contributed by atoms with Gasteiger partial charge in [0.1, 0.15) is 5.03 Å². The number of anilines is 1. The summed E-state index contributed by atoms with van der Waals surface area (Å²) in [6, 6.07) is 10.3. The predicted octanol–water partition coefficient (Wildman–Crippen LogP) is 2.51. The van der Waals surface area contributed by atoms with Crippen molar-refractivity contribution in [1.82, 2.24) is 19.4 Å². The molecule has 178 valence electrons. The van der Waals surface area contributed by atoms with Crippen molar-refractivity contribution >= 4 is 23.4 Å². The lowest BCUT2D eigenvalue weighted by Gasteiger charge is -2.36. The number of carbonyl (C=O) groups excluding carboxylic acids is 1. The molecule has 0 N–H and O–H groups in total. The number of para-hydroxylation sites is 1. The van der Waals surface area contributed by atoms with E-state index in [9.17, 15) is 9.59 Å². The predicted molar refractivity (Wildman–Crippen MR) is 134 cm³/mol. The van der Waals surface area contributed by atoms with E-state index in [0.29, 0.717) is 12.3 Å². The first-order valence-electron chi connectivity index (χ1n) is 12.2. The van der Waals surface area contributed by atoms with Crippen molar-refractivity contribution in [3.63, 3.8) is 0 Å². The van der Waals surface area contributed by atoms with Gasteiger partial charge in [0.15, 0.2) is 0 Å². The third-order valence-electron chi connectivity index (χ3n) is 6.82. The summed E-state index contributed by atoms with van der Waals surface area (Å²) in [5, 5.41) is 0.767. The van der Waals surface area contributed by atoms with Gasteiger partial charge < -0.3 is 14.7 Å². The molecule has 1 amide bonds. The number of rotatable bonds is 9. The Hall–Kier alpha value is -2.32. The van der Waals surface area contributed by atoms with Crippen LogP contribution in [0.1, 0.15) is 31.5 Å². The monoisotopic (exact) mass is 469 g/mol. The van der Waals surface area contributed by atoms with Crippen LogP contribution in [0.4, 0.5) is 5.69 Å². The minimum absolute atomic E-state index is 0.131. The van der Waals surface area contributed by atoms with E-state index in [1.807, 2.05) is 27.7 Å². The molecule has 0 bridgehead atoms. The maximum Gasteiger partial charge on any atom is 0.348 e. The lowest BCUT2D eigenvalue weighted by molar-refractivity contribution is -0.128. The largest absolute Gasteiger partial charge is 0.368 e. The molecule has 4 rings (SSSR count). The fourth-order valence-electron chi connectivity index (χ4n) is 4.79. The average molecular weight is 470 g/mol. The molecule has 1 aliphatic heterocycles. The first-order chi connectivity index (χ1) is 16.1. The zero-order valence-electron chi connectivity index (χ0n) is 19.8. The number of carbonyl (C=O) groups is 1. The van der Waals surface area contributed by atoms with E-state index in [4.69, 9.17) is 0 Å². The maximum absolute atomic E-state index is 12.9. The fourth-order valence-corrected chi connectivity index (χ4v) is 5.77. The zero-order valence-corrected chi connectivity index (χ0v) is 20.6. The number of hydrogen-bond donors (Lipinski definition) is 0. The first kappa shape index (κ1) is 23.8. The number of fused-ring (bicyclic) bond motifs is 1. The van der Waals surface area contributed by atoms with Crippen LogP contribution in [-0.2, 0) is 24.2 Å². The quantitative estimate of drug-likeness (QED) is 0.416. The Balaban J connectivity index is 1.36. The van der Waals surface area contributed by atoms with Gasteiger partial charge in [-0.1, -0.05) is 43.8 Å². The van der Waals surface area contributed by atoms with E-state index in [1.165, 1.54) is 23.0 Å². The number of piperazine rings is 1. The van der Waals surface area contributed by atoms with Crippen LogP contribution in [0, 0.1) is 0 Å².